The third-order valence-corrected chi connectivity index (χ3v) is 21.0. The number of benzene rings is 13. The van der Waals surface area contributed by atoms with Gasteiger partial charge >= 0.3 is 40.2 Å². The molecule has 0 unspecified atom stereocenters. The molecule has 0 aliphatic carbocycles. The molecule has 19 rings (SSSR count). The number of hydrogen-bond donors (Lipinski definition) is 0. The van der Waals surface area contributed by atoms with E-state index in [9.17, 15) is 0 Å². The van der Waals surface area contributed by atoms with Crippen molar-refractivity contribution in [2.45, 2.75) is 0 Å². The Morgan fingerprint density at radius 1 is 0.147 bits per heavy atom. The summed E-state index contributed by atoms with van der Waals surface area (Å²) in [5.74, 6) is 0. The number of hydrogen-bond acceptors (Lipinski definition) is 6. The van der Waals surface area contributed by atoms with E-state index in [1.807, 2.05) is 140 Å². The second-order valence-electron chi connectivity index (χ2n) is 28.0. The summed E-state index contributed by atoms with van der Waals surface area (Å²) in [6, 6.07) is 147. The average molecular weight is 1830 g/mol. The molecule has 13 aromatic carbocycles. The largest absolute Gasteiger partial charge is 3.00 e. The summed E-state index contributed by atoms with van der Waals surface area (Å²) in [6.07, 6.45) is 11.8. The molecule has 546 valence electrons. The van der Waals surface area contributed by atoms with Crippen LogP contribution in [0.3, 0.4) is 0 Å². The van der Waals surface area contributed by atoms with Gasteiger partial charge in [-0.2, -0.15) is 5.56 Å². The van der Waals surface area contributed by atoms with Crippen LogP contribution in [0, 0.1) is 36.4 Å². The van der Waals surface area contributed by atoms with Crippen molar-refractivity contribution in [2.24, 2.45) is 0 Å². The van der Waals surface area contributed by atoms with E-state index in [4.69, 9.17) is 29.9 Å². The first-order valence-corrected chi connectivity index (χ1v) is 38.0. The molecule has 0 atom stereocenters. The Labute approximate surface area is 703 Å². The molecule has 6 nitrogen and oxygen atoms in total. The number of aromatic nitrogens is 6. The van der Waals surface area contributed by atoms with Gasteiger partial charge in [0.05, 0.1) is 0 Å². The van der Waals surface area contributed by atoms with Crippen molar-refractivity contribution in [2.75, 3.05) is 0 Å². The molecule has 0 saturated heterocycles. The third kappa shape index (κ3) is 15.7. The SMILES string of the molecule is [Ir+3].[Ir+3].[c-]1ccccc1-c1ccc(-c2ccccc2-c2cc(-c3ccccc3-c3ccc(-c4[c-]cccc4)nc3)cc(-c3ccccc3-c3ccc(-c4[c-]c[c-]c(-c5ccc(-c6ccccc6-c6cc(-c7ccccc7-c7ccc(-c8[c-]cccc8)nc7)cc(-c7ccccc7-c7ccc(-c8[c-]cccc8)nc7)c6)cn5)c4)nc3)c2)cn1. The zero-order chi connectivity index (χ0) is 75.9. The molecule has 0 aliphatic rings. The number of nitrogens with zero attached hydrogens (tertiary/aromatic N) is 6. The van der Waals surface area contributed by atoms with Gasteiger partial charge in [0.2, 0.25) is 0 Å². The van der Waals surface area contributed by atoms with E-state index in [2.05, 4.69) is 297 Å². The molecule has 0 aliphatic heterocycles. The predicted molar refractivity (Wildman–Crippen MR) is 464 cm³/mol. The molecule has 6 aromatic heterocycles. The summed E-state index contributed by atoms with van der Waals surface area (Å²) in [5, 5.41) is 0. The van der Waals surface area contributed by atoms with Crippen molar-refractivity contribution >= 4 is 0 Å². The minimum absolute atomic E-state index is 0. The van der Waals surface area contributed by atoms with Crippen LogP contribution in [0.4, 0.5) is 0 Å². The molecular formula is C108H66Ir2N6. The maximum atomic E-state index is 5.19. The normalized spacial score (nSPS) is 11.0. The smallest absolute Gasteiger partial charge is 0.351 e. The minimum Gasteiger partial charge on any atom is -0.351 e. The topological polar surface area (TPSA) is 77.3 Å². The summed E-state index contributed by atoms with van der Waals surface area (Å²) < 4.78 is 0. The van der Waals surface area contributed by atoms with Crippen molar-refractivity contribution < 1.29 is 40.2 Å². The fourth-order valence-corrected chi connectivity index (χ4v) is 15.3. The van der Waals surface area contributed by atoms with Gasteiger partial charge in [0.25, 0.3) is 0 Å². The third-order valence-electron chi connectivity index (χ3n) is 21.0. The molecule has 8 heteroatoms. The van der Waals surface area contributed by atoms with Crippen LogP contribution in [-0.2, 0) is 40.2 Å². The maximum Gasteiger partial charge on any atom is 3.00 e. The van der Waals surface area contributed by atoms with Crippen LogP contribution in [0.15, 0.2) is 401 Å². The Kier molecular flexibility index (Phi) is 22.0. The Hall–Kier alpha value is -13.9. The monoisotopic (exact) mass is 1830 g/mol. The van der Waals surface area contributed by atoms with Crippen molar-refractivity contribution in [1.82, 2.24) is 29.9 Å². The standard InChI is InChI=1S/C108H66N6.2Ir/c1-5-26-73(27-6-1)103-54-48-79(67-109-103)91-36-13-19-42-97(91)85-61-86(98-43-20-14-37-92(98)80-49-55-104(110-68-80)74-28-7-2-8-29-74)64-89(63-85)101-46-23-17-40-95(101)83-52-58-107(113-71-83)77-34-25-35-78(60-77)108-59-53-84(72-114-108)96-41-18-24-47-102(96)90-65-87(99-44-21-15-38-93(99)81-50-56-105(111-69-81)75-30-9-3-10-31-75)62-88(66-90)100-45-22-16-39-94(100)82-51-57-106(112-70-82)76-32-11-4-12-33-76;;/h1-26,28,30,32,36-72H;;/q-6;2*+3. The van der Waals surface area contributed by atoms with Crippen LogP contribution >= 0.6 is 0 Å². The zero-order valence-corrected chi connectivity index (χ0v) is 67.2. The van der Waals surface area contributed by atoms with Crippen LogP contribution in [-0.4, -0.2) is 29.9 Å². The van der Waals surface area contributed by atoms with Crippen LogP contribution in [0.25, 0.3) is 201 Å². The summed E-state index contributed by atoms with van der Waals surface area (Å²) in [5.41, 5.74) is 35.8. The Balaban J connectivity index is 0.00000484. The summed E-state index contributed by atoms with van der Waals surface area (Å²) in [4.78, 5) is 30.2. The van der Waals surface area contributed by atoms with Crippen LogP contribution in [0.5, 0.6) is 0 Å². The van der Waals surface area contributed by atoms with Gasteiger partial charge < -0.3 is 24.9 Å². The van der Waals surface area contributed by atoms with E-state index in [1.165, 1.54) is 0 Å². The zero-order valence-electron chi connectivity index (χ0n) is 62.5. The quantitative estimate of drug-likeness (QED) is 0.0797. The van der Waals surface area contributed by atoms with Gasteiger partial charge in [-0.05, 0) is 193 Å². The molecule has 6 heterocycles. The van der Waals surface area contributed by atoms with E-state index < -0.39 is 0 Å². The first-order chi connectivity index (χ1) is 56.5. The minimum atomic E-state index is 0. The first-order valence-electron chi connectivity index (χ1n) is 38.0. The fourth-order valence-electron chi connectivity index (χ4n) is 15.3. The molecule has 0 radical (unpaired) electrons. The van der Waals surface area contributed by atoms with Gasteiger partial charge in [-0.1, -0.05) is 212 Å². The van der Waals surface area contributed by atoms with Gasteiger partial charge in [0.1, 0.15) is 0 Å². The summed E-state index contributed by atoms with van der Waals surface area (Å²) in [7, 11) is 0. The van der Waals surface area contributed by atoms with E-state index in [0.717, 1.165) is 201 Å². The average Bonchev–Trinajstić information content (AvgIpc) is 0.770. The second kappa shape index (κ2) is 34.2. The van der Waals surface area contributed by atoms with Crippen molar-refractivity contribution in [3.8, 4) is 201 Å². The predicted octanol–water partition coefficient (Wildman–Crippen LogP) is 26.9. The fraction of sp³-hybridized carbons (Fsp3) is 0. The van der Waals surface area contributed by atoms with E-state index in [-0.39, 0.29) is 40.2 Å². The van der Waals surface area contributed by atoms with Gasteiger partial charge in [0, 0.05) is 48.4 Å². The van der Waals surface area contributed by atoms with Gasteiger partial charge in [0.15, 0.2) is 0 Å². The molecule has 0 bridgehead atoms. The second-order valence-corrected chi connectivity index (χ2v) is 28.0. The van der Waals surface area contributed by atoms with Gasteiger partial charge in [-0.15, -0.1) is 150 Å². The molecule has 0 spiro atoms. The number of rotatable bonds is 18. The molecule has 116 heavy (non-hydrogen) atoms. The molecule has 0 N–H and O–H groups in total. The van der Waals surface area contributed by atoms with Crippen LogP contribution < -0.4 is 0 Å². The van der Waals surface area contributed by atoms with E-state index >= 15 is 0 Å². The van der Waals surface area contributed by atoms with E-state index in [1.54, 1.807) is 0 Å². The van der Waals surface area contributed by atoms with E-state index in [0.29, 0.717) is 0 Å². The van der Waals surface area contributed by atoms with Crippen LogP contribution in [0.1, 0.15) is 0 Å². The molecular weight excluding hydrogens is 1770 g/mol. The summed E-state index contributed by atoms with van der Waals surface area (Å²) in [6.45, 7) is 0. The summed E-state index contributed by atoms with van der Waals surface area (Å²) >= 11 is 0. The number of pyridine rings is 6. The van der Waals surface area contributed by atoms with Crippen molar-refractivity contribution in [3.63, 3.8) is 0 Å². The Morgan fingerprint density at radius 3 is 0.483 bits per heavy atom. The molecule has 0 fully saturated rings. The first kappa shape index (κ1) is 74.8. The molecule has 0 saturated carbocycles. The van der Waals surface area contributed by atoms with Crippen molar-refractivity contribution in [1.29, 1.82) is 0 Å². The van der Waals surface area contributed by atoms with Crippen LogP contribution in [0.2, 0.25) is 0 Å². The van der Waals surface area contributed by atoms with Crippen molar-refractivity contribution in [3.05, 3.63) is 438 Å². The molecule has 0 amide bonds. The van der Waals surface area contributed by atoms with Gasteiger partial charge in [-0.25, -0.2) is 12.1 Å². The maximum absolute atomic E-state index is 5.19. The Bertz CT molecular complexity index is 5950. The molecule has 19 aromatic rings. The van der Waals surface area contributed by atoms with Gasteiger partial charge in [-0.3, -0.25) is 22.7 Å². The Morgan fingerprint density at radius 2 is 0.319 bits per heavy atom.